The fourth-order valence-electron chi connectivity index (χ4n) is 2.79. The molecule has 0 aliphatic heterocycles. The van der Waals surface area contributed by atoms with Crippen LogP contribution in [-0.4, -0.2) is 31.6 Å². The molecule has 0 aromatic heterocycles. The molecule has 0 saturated carbocycles. The van der Waals surface area contributed by atoms with Crippen LogP contribution in [0.3, 0.4) is 0 Å². The Morgan fingerprint density at radius 3 is 1.41 bits per heavy atom. The Hall–Kier alpha value is -0.0900. The Morgan fingerprint density at radius 2 is 1.00 bits per heavy atom. The minimum absolute atomic E-state index is 0.337. The van der Waals surface area contributed by atoms with Gasteiger partial charge in [0.25, 0.3) is 0 Å². The molecule has 0 bridgehead atoms. The normalized spacial score (nSPS) is 12.2. The van der Waals surface area contributed by atoms with Crippen LogP contribution in [0.1, 0.15) is 97.8 Å². The van der Waals surface area contributed by atoms with E-state index in [2.05, 4.69) is 6.92 Å². The number of hydrogen-bond acceptors (Lipinski definition) is 2. The highest BCUT2D eigenvalue weighted by Gasteiger charge is 2.19. The zero-order valence-corrected chi connectivity index (χ0v) is 16.1. The van der Waals surface area contributed by atoms with E-state index in [4.69, 9.17) is 0 Å². The van der Waals surface area contributed by atoms with Crippen LogP contribution in [0, 0.1) is 0 Å². The van der Waals surface area contributed by atoms with Crippen LogP contribution in [0.15, 0.2) is 0 Å². The summed E-state index contributed by atoms with van der Waals surface area (Å²) in [7, 11) is -3.02. The second-order valence-corrected chi connectivity index (χ2v) is 8.49. The molecular formula is C18H39NO2S. The first-order valence-corrected chi connectivity index (χ1v) is 11.2. The van der Waals surface area contributed by atoms with Gasteiger partial charge in [-0.3, -0.25) is 0 Å². The topological polar surface area (TPSA) is 37.4 Å². The molecule has 3 nitrogen and oxygen atoms in total. The van der Waals surface area contributed by atoms with E-state index in [0.29, 0.717) is 18.8 Å². The molecule has 4 heteroatoms. The molecule has 0 fully saturated rings. The number of rotatable bonds is 16. The SMILES string of the molecule is CCCCCCCCCCCCS(=O)(=O)N(CCC)CCC. The molecule has 0 radical (unpaired) electrons. The molecule has 0 aromatic carbocycles. The summed E-state index contributed by atoms with van der Waals surface area (Å²) in [5.41, 5.74) is 0. The van der Waals surface area contributed by atoms with Crippen molar-refractivity contribution in [3.63, 3.8) is 0 Å². The average Bonchev–Trinajstić information content (AvgIpc) is 2.49. The van der Waals surface area contributed by atoms with E-state index in [1.54, 1.807) is 4.31 Å². The Labute approximate surface area is 139 Å². The Kier molecular flexibility index (Phi) is 14.4. The number of hydrogen-bond donors (Lipinski definition) is 0. The molecule has 0 spiro atoms. The van der Waals surface area contributed by atoms with Crippen LogP contribution >= 0.6 is 0 Å². The predicted octanol–water partition coefficient (Wildman–Crippen LogP) is 5.36. The summed E-state index contributed by atoms with van der Waals surface area (Å²) in [5.74, 6) is 0.337. The van der Waals surface area contributed by atoms with Crippen LogP contribution in [-0.2, 0) is 10.0 Å². The summed E-state index contributed by atoms with van der Waals surface area (Å²) in [4.78, 5) is 0. The highest BCUT2D eigenvalue weighted by molar-refractivity contribution is 7.89. The van der Waals surface area contributed by atoms with Crippen molar-refractivity contribution in [2.45, 2.75) is 97.8 Å². The summed E-state index contributed by atoms with van der Waals surface area (Å²) in [5, 5.41) is 0. The molecule has 0 aliphatic carbocycles. The summed E-state index contributed by atoms with van der Waals surface area (Å²) >= 11 is 0. The predicted molar refractivity (Wildman–Crippen MR) is 97.8 cm³/mol. The molecule has 0 heterocycles. The molecule has 0 rings (SSSR count). The van der Waals surface area contributed by atoms with Gasteiger partial charge in [0, 0.05) is 13.1 Å². The lowest BCUT2D eigenvalue weighted by molar-refractivity contribution is 0.408. The van der Waals surface area contributed by atoms with Crippen molar-refractivity contribution >= 4 is 10.0 Å². The van der Waals surface area contributed by atoms with Crippen LogP contribution < -0.4 is 0 Å². The van der Waals surface area contributed by atoms with Gasteiger partial charge in [-0.1, -0.05) is 78.6 Å². The standard InChI is InChI=1S/C18H39NO2S/c1-4-7-8-9-10-11-12-13-14-15-18-22(20,21)19(16-5-2)17-6-3/h4-18H2,1-3H3. The van der Waals surface area contributed by atoms with E-state index in [1.807, 2.05) is 13.8 Å². The molecule has 0 unspecified atom stereocenters. The van der Waals surface area contributed by atoms with Crippen LogP contribution in [0.4, 0.5) is 0 Å². The fourth-order valence-corrected chi connectivity index (χ4v) is 4.54. The maximum absolute atomic E-state index is 12.3. The third-order valence-electron chi connectivity index (χ3n) is 4.10. The van der Waals surface area contributed by atoms with E-state index in [1.165, 1.54) is 51.4 Å². The van der Waals surface area contributed by atoms with E-state index in [9.17, 15) is 8.42 Å². The lowest BCUT2D eigenvalue weighted by Crippen LogP contribution is -2.34. The van der Waals surface area contributed by atoms with Gasteiger partial charge in [-0.25, -0.2) is 12.7 Å². The van der Waals surface area contributed by atoms with Crippen LogP contribution in [0.25, 0.3) is 0 Å². The third kappa shape index (κ3) is 11.5. The first-order valence-electron chi connectivity index (χ1n) is 9.56. The van der Waals surface area contributed by atoms with Gasteiger partial charge in [0.05, 0.1) is 5.75 Å². The highest BCUT2D eigenvalue weighted by Crippen LogP contribution is 2.12. The zero-order valence-electron chi connectivity index (χ0n) is 15.3. The van der Waals surface area contributed by atoms with Crippen LogP contribution in [0.2, 0.25) is 0 Å². The number of sulfonamides is 1. The molecule has 0 aromatic rings. The van der Waals surface area contributed by atoms with E-state index in [-0.39, 0.29) is 0 Å². The molecule has 134 valence electrons. The first-order chi connectivity index (χ1) is 10.6. The van der Waals surface area contributed by atoms with Crippen molar-refractivity contribution in [3.05, 3.63) is 0 Å². The third-order valence-corrected chi connectivity index (χ3v) is 6.05. The van der Waals surface area contributed by atoms with Crippen LogP contribution in [0.5, 0.6) is 0 Å². The fraction of sp³-hybridized carbons (Fsp3) is 1.00. The van der Waals surface area contributed by atoms with Gasteiger partial charge in [-0.15, -0.1) is 0 Å². The van der Waals surface area contributed by atoms with Gasteiger partial charge in [0.1, 0.15) is 0 Å². The van der Waals surface area contributed by atoms with Crippen molar-refractivity contribution in [1.29, 1.82) is 0 Å². The van der Waals surface area contributed by atoms with Crippen molar-refractivity contribution in [1.82, 2.24) is 4.31 Å². The summed E-state index contributed by atoms with van der Waals surface area (Å²) in [6.45, 7) is 7.68. The second kappa shape index (κ2) is 14.5. The van der Waals surface area contributed by atoms with Crippen molar-refractivity contribution in [3.8, 4) is 0 Å². The summed E-state index contributed by atoms with van der Waals surface area (Å²) in [6, 6.07) is 0. The minimum atomic E-state index is -3.02. The maximum atomic E-state index is 12.3. The Morgan fingerprint density at radius 1 is 0.591 bits per heavy atom. The Balaban J connectivity index is 3.67. The maximum Gasteiger partial charge on any atom is 0.214 e. The van der Waals surface area contributed by atoms with Gasteiger partial charge in [0.15, 0.2) is 0 Å². The van der Waals surface area contributed by atoms with Gasteiger partial charge in [-0.2, -0.15) is 0 Å². The van der Waals surface area contributed by atoms with Crippen molar-refractivity contribution < 1.29 is 8.42 Å². The minimum Gasteiger partial charge on any atom is -0.212 e. The summed E-state index contributed by atoms with van der Waals surface area (Å²) < 4.78 is 26.2. The molecule has 0 N–H and O–H groups in total. The van der Waals surface area contributed by atoms with E-state index >= 15 is 0 Å². The molecule has 0 atom stereocenters. The molecule has 0 amide bonds. The summed E-state index contributed by atoms with van der Waals surface area (Å²) in [6.07, 6.45) is 14.2. The average molecular weight is 334 g/mol. The van der Waals surface area contributed by atoms with Crippen molar-refractivity contribution in [2.75, 3.05) is 18.8 Å². The molecule has 22 heavy (non-hydrogen) atoms. The number of nitrogens with zero attached hydrogens (tertiary/aromatic N) is 1. The quantitative estimate of drug-likeness (QED) is 0.357. The number of unbranched alkanes of at least 4 members (excludes halogenated alkanes) is 9. The molecule has 0 saturated heterocycles. The second-order valence-electron chi connectivity index (χ2n) is 6.40. The monoisotopic (exact) mass is 333 g/mol. The van der Waals surface area contributed by atoms with Gasteiger partial charge in [0.2, 0.25) is 10.0 Å². The van der Waals surface area contributed by atoms with Gasteiger partial charge in [-0.05, 0) is 19.3 Å². The largest absolute Gasteiger partial charge is 0.214 e. The Bertz CT molecular complexity index is 322. The lowest BCUT2D eigenvalue weighted by atomic mass is 10.1. The van der Waals surface area contributed by atoms with E-state index < -0.39 is 10.0 Å². The van der Waals surface area contributed by atoms with Gasteiger partial charge >= 0.3 is 0 Å². The van der Waals surface area contributed by atoms with Crippen molar-refractivity contribution in [2.24, 2.45) is 0 Å². The highest BCUT2D eigenvalue weighted by atomic mass is 32.2. The lowest BCUT2D eigenvalue weighted by Gasteiger charge is -2.20. The zero-order chi connectivity index (χ0) is 16.7. The smallest absolute Gasteiger partial charge is 0.212 e. The van der Waals surface area contributed by atoms with Gasteiger partial charge < -0.3 is 0 Å². The molecular weight excluding hydrogens is 294 g/mol. The van der Waals surface area contributed by atoms with E-state index in [0.717, 1.165) is 25.7 Å². The first kappa shape index (κ1) is 21.9. The molecule has 0 aliphatic rings.